The molecule has 1 aromatic carbocycles. The first kappa shape index (κ1) is 16.0. The first-order valence-corrected chi connectivity index (χ1v) is 8.00. The molecule has 0 radical (unpaired) electrons. The van der Waals surface area contributed by atoms with Crippen LogP contribution in [0.3, 0.4) is 0 Å². The van der Waals surface area contributed by atoms with Crippen LogP contribution in [-0.4, -0.2) is 28.1 Å². The Kier molecular flexibility index (Phi) is 7.30. The summed E-state index contributed by atoms with van der Waals surface area (Å²) >= 11 is 12.5. The molecule has 0 spiro atoms. The van der Waals surface area contributed by atoms with Crippen LogP contribution in [0.15, 0.2) is 24.3 Å². The summed E-state index contributed by atoms with van der Waals surface area (Å²) in [4.78, 5) is 2.39. The number of hydrogen-bond acceptors (Lipinski definition) is 4. The van der Waals surface area contributed by atoms with Crippen molar-refractivity contribution in [1.29, 1.82) is 0 Å². The predicted molar refractivity (Wildman–Crippen MR) is 87.8 cm³/mol. The normalized spacial score (nSPS) is 14.6. The van der Waals surface area contributed by atoms with Gasteiger partial charge in [0.05, 0.1) is 16.1 Å². The van der Waals surface area contributed by atoms with E-state index < -0.39 is 0 Å². The van der Waals surface area contributed by atoms with Crippen molar-refractivity contribution in [2.75, 3.05) is 18.4 Å². The van der Waals surface area contributed by atoms with Crippen LogP contribution in [0.5, 0.6) is 0 Å². The Labute approximate surface area is 125 Å². The Bertz CT molecular complexity index is 359. The minimum Gasteiger partial charge on any atom is -0.364 e. The minimum absolute atomic E-state index is 0.0282. The van der Waals surface area contributed by atoms with Crippen LogP contribution in [0.4, 0.5) is 5.69 Å². The van der Waals surface area contributed by atoms with Crippen LogP contribution in [-0.2, 0) is 0 Å². The first-order valence-electron chi connectivity index (χ1n) is 6.17. The number of anilines is 1. The lowest BCUT2D eigenvalue weighted by atomic mass is 10.3. The molecule has 0 heterocycles. The SMILES string of the molecule is CCN(CC)C(C)SC(S)Nc1ccccc1Cl. The molecule has 1 rings (SSSR count). The van der Waals surface area contributed by atoms with Crippen LogP contribution in [0.25, 0.3) is 0 Å². The molecular formula is C13H21ClN2S2. The van der Waals surface area contributed by atoms with Gasteiger partial charge in [-0.2, -0.15) is 0 Å². The lowest BCUT2D eigenvalue weighted by Crippen LogP contribution is -2.32. The molecule has 0 aromatic heterocycles. The van der Waals surface area contributed by atoms with Crippen molar-refractivity contribution in [3.8, 4) is 0 Å². The summed E-state index contributed by atoms with van der Waals surface area (Å²) in [5.74, 6) is 0. The van der Waals surface area contributed by atoms with Crippen molar-refractivity contribution in [3.05, 3.63) is 29.3 Å². The van der Waals surface area contributed by atoms with Crippen molar-refractivity contribution < 1.29 is 0 Å². The third kappa shape index (κ3) is 4.92. The molecule has 0 aliphatic carbocycles. The smallest absolute Gasteiger partial charge is 0.118 e. The van der Waals surface area contributed by atoms with E-state index in [1.165, 1.54) is 0 Å². The molecule has 0 saturated carbocycles. The van der Waals surface area contributed by atoms with Gasteiger partial charge in [0.1, 0.15) is 4.71 Å². The second kappa shape index (κ2) is 8.20. The summed E-state index contributed by atoms with van der Waals surface area (Å²) in [6.45, 7) is 8.66. The highest BCUT2D eigenvalue weighted by Crippen LogP contribution is 2.28. The number of nitrogens with one attached hydrogen (secondary N) is 1. The highest BCUT2D eigenvalue weighted by molar-refractivity contribution is 8.10. The first-order chi connectivity index (χ1) is 8.58. The molecular weight excluding hydrogens is 284 g/mol. The number of thioether (sulfide) groups is 1. The minimum atomic E-state index is 0.0282. The highest BCUT2D eigenvalue weighted by atomic mass is 35.5. The number of halogens is 1. The van der Waals surface area contributed by atoms with Gasteiger partial charge >= 0.3 is 0 Å². The molecule has 1 N–H and O–H groups in total. The van der Waals surface area contributed by atoms with E-state index in [-0.39, 0.29) is 4.71 Å². The fraction of sp³-hybridized carbons (Fsp3) is 0.538. The molecule has 0 aliphatic rings. The molecule has 18 heavy (non-hydrogen) atoms. The van der Waals surface area contributed by atoms with E-state index in [0.29, 0.717) is 5.37 Å². The summed E-state index contributed by atoms with van der Waals surface area (Å²) in [6, 6.07) is 7.73. The van der Waals surface area contributed by atoms with Gasteiger partial charge in [0.25, 0.3) is 0 Å². The zero-order chi connectivity index (χ0) is 13.5. The molecule has 2 unspecified atom stereocenters. The molecule has 0 amide bonds. The Hall–Kier alpha value is -0.0300. The van der Waals surface area contributed by atoms with Gasteiger partial charge in [-0.3, -0.25) is 4.90 Å². The van der Waals surface area contributed by atoms with Crippen LogP contribution >= 0.6 is 36.0 Å². The number of hydrogen-bond donors (Lipinski definition) is 2. The summed E-state index contributed by atoms with van der Waals surface area (Å²) in [7, 11) is 0. The molecule has 0 fully saturated rings. The molecule has 1 aromatic rings. The van der Waals surface area contributed by atoms with Crippen LogP contribution in [0.1, 0.15) is 20.8 Å². The van der Waals surface area contributed by atoms with Crippen molar-refractivity contribution >= 4 is 41.7 Å². The maximum absolute atomic E-state index is 6.11. The molecule has 0 aliphatic heterocycles. The summed E-state index contributed by atoms with van der Waals surface area (Å²) in [5, 5.41) is 4.47. The van der Waals surface area contributed by atoms with Gasteiger partial charge in [0, 0.05) is 0 Å². The molecule has 102 valence electrons. The monoisotopic (exact) mass is 304 g/mol. The Morgan fingerprint density at radius 2 is 1.94 bits per heavy atom. The summed E-state index contributed by atoms with van der Waals surface area (Å²) in [5.41, 5.74) is 0.929. The molecule has 0 bridgehead atoms. The van der Waals surface area contributed by atoms with Gasteiger partial charge in [0.2, 0.25) is 0 Å². The third-order valence-corrected chi connectivity index (χ3v) is 4.70. The molecule has 2 atom stereocenters. The molecule has 5 heteroatoms. The summed E-state index contributed by atoms with van der Waals surface area (Å²) in [6.07, 6.45) is 0. The standard InChI is InChI=1S/C13H21ClN2S2/c1-4-16(5-2)10(3)18-13(17)15-12-9-7-6-8-11(12)14/h6-10,13,15,17H,4-5H2,1-3H3. The van der Waals surface area contributed by atoms with Gasteiger partial charge in [0.15, 0.2) is 0 Å². The number of thiol groups is 1. The lowest BCUT2D eigenvalue weighted by molar-refractivity contribution is 0.297. The Balaban J connectivity index is 2.51. The van der Waals surface area contributed by atoms with Gasteiger partial charge in [-0.05, 0) is 32.1 Å². The second-order valence-electron chi connectivity index (χ2n) is 3.93. The average Bonchev–Trinajstić information content (AvgIpc) is 2.33. The van der Waals surface area contributed by atoms with Crippen molar-refractivity contribution in [3.63, 3.8) is 0 Å². The van der Waals surface area contributed by atoms with Crippen LogP contribution in [0.2, 0.25) is 5.02 Å². The molecule has 0 saturated heterocycles. The van der Waals surface area contributed by atoms with E-state index in [9.17, 15) is 0 Å². The zero-order valence-electron chi connectivity index (χ0n) is 11.1. The Morgan fingerprint density at radius 3 is 2.50 bits per heavy atom. The number of rotatable bonds is 7. The van der Waals surface area contributed by atoms with Crippen LogP contribution < -0.4 is 5.32 Å². The van der Waals surface area contributed by atoms with Crippen molar-refractivity contribution in [1.82, 2.24) is 4.90 Å². The molecule has 2 nitrogen and oxygen atoms in total. The quantitative estimate of drug-likeness (QED) is 0.574. The zero-order valence-corrected chi connectivity index (χ0v) is 13.5. The maximum Gasteiger partial charge on any atom is 0.118 e. The second-order valence-corrected chi connectivity index (χ2v) is 6.63. The van der Waals surface area contributed by atoms with E-state index in [2.05, 4.69) is 43.6 Å². The maximum atomic E-state index is 6.11. The number of nitrogens with zero attached hydrogens (tertiary/aromatic N) is 1. The van der Waals surface area contributed by atoms with E-state index in [1.54, 1.807) is 11.8 Å². The van der Waals surface area contributed by atoms with E-state index in [4.69, 9.17) is 11.6 Å². The van der Waals surface area contributed by atoms with Gasteiger partial charge in [-0.1, -0.05) is 37.6 Å². The van der Waals surface area contributed by atoms with Gasteiger partial charge < -0.3 is 5.32 Å². The van der Waals surface area contributed by atoms with Gasteiger partial charge in [-0.15, -0.1) is 24.4 Å². The Morgan fingerprint density at radius 1 is 1.33 bits per heavy atom. The predicted octanol–water partition coefficient (Wildman–Crippen LogP) is 4.39. The summed E-state index contributed by atoms with van der Waals surface area (Å²) < 4.78 is 0.0282. The number of para-hydroxylation sites is 1. The van der Waals surface area contributed by atoms with Crippen molar-refractivity contribution in [2.24, 2.45) is 0 Å². The van der Waals surface area contributed by atoms with Gasteiger partial charge in [-0.25, -0.2) is 0 Å². The highest BCUT2D eigenvalue weighted by Gasteiger charge is 2.15. The lowest BCUT2D eigenvalue weighted by Gasteiger charge is -2.28. The average molecular weight is 305 g/mol. The van der Waals surface area contributed by atoms with Crippen molar-refractivity contribution in [2.45, 2.75) is 30.9 Å². The van der Waals surface area contributed by atoms with E-state index in [0.717, 1.165) is 23.8 Å². The van der Waals surface area contributed by atoms with E-state index in [1.807, 2.05) is 24.3 Å². The topological polar surface area (TPSA) is 15.3 Å². The fourth-order valence-electron chi connectivity index (χ4n) is 1.76. The van der Waals surface area contributed by atoms with Crippen LogP contribution in [0, 0.1) is 0 Å². The fourth-order valence-corrected chi connectivity index (χ4v) is 3.65. The van der Waals surface area contributed by atoms with E-state index >= 15 is 0 Å². The number of benzene rings is 1. The third-order valence-electron chi connectivity index (χ3n) is 2.81. The largest absolute Gasteiger partial charge is 0.364 e.